The first-order valence-electron chi connectivity index (χ1n) is 4.42. The number of rotatable bonds is 5. The van der Waals surface area contributed by atoms with E-state index in [4.69, 9.17) is 5.73 Å². The molecule has 0 bridgehead atoms. The fourth-order valence-corrected chi connectivity index (χ4v) is 0.764. The molecule has 0 aromatic rings. The lowest BCUT2D eigenvalue weighted by Crippen LogP contribution is -2.43. The molecule has 0 aromatic carbocycles. The summed E-state index contributed by atoms with van der Waals surface area (Å²) in [5.74, 6) is -1.02. The molecular weight excluding hydrogens is 200 g/mol. The van der Waals surface area contributed by atoms with Gasteiger partial charge in [-0.3, -0.25) is 14.4 Å². The molecule has 0 fully saturated rings. The molecule has 0 aromatic heterocycles. The molecule has 0 heterocycles. The minimum atomic E-state index is -0.406. The largest absolute Gasteiger partial charge is 0.358 e. The molecule has 0 aliphatic heterocycles. The van der Waals surface area contributed by atoms with Crippen molar-refractivity contribution in [3.05, 3.63) is 0 Å². The van der Waals surface area contributed by atoms with Crippen LogP contribution in [0.2, 0.25) is 0 Å². The van der Waals surface area contributed by atoms with Crippen molar-refractivity contribution in [1.82, 2.24) is 15.5 Å². The maximum Gasteiger partial charge on any atom is 0.242 e. The van der Waals surface area contributed by atoms with Gasteiger partial charge in [-0.2, -0.15) is 0 Å². The van der Waals surface area contributed by atoms with Gasteiger partial charge in [0, 0.05) is 14.1 Å². The lowest BCUT2D eigenvalue weighted by Gasteiger charge is -2.16. The molecule has 7 nitrogen and oxygen atoms in total. The van der Waals surface area contributed by atoms with E-state index in [-0.39, 0.29) is 31.4 Å². The Morgan fingerprint density at radius 3 is 2.33 bits per heavy atom. The summed E-state index contributed by atoms with van der Waals surface area (Å²) in [5.41, 5.74) is 5.04. The fraction of sp³-hybridized carbons (Fsp3) is 0.625. The zero-order valence-corrected chi connectivity index (χ0v) is 8.87. The predicted molar refractivity (Wildman–Crippen MR) is 53.8 cm³/mol. The van der Waals surface area contributed by atoms with Gasteiger partial charge in [-0.25, -0.2) is 0 Å². The van der Waals surface area contributed by atoms with Crippen LogP contribution in [-0.2, 0) is 14.4 Å². The highest BCUT2D eigenvalue weighted by Crippen LogP contribution is 1.83. The molecule has 0 radical (unpaired) electrons. The molecule has 0 aliphatic carbocycles. The van der Waals surface area contributed by atoms with Crippen LogP contribution in [0, 0.1) is 0 Å². The molecule has 3 amide bonds. The summed E-state index contributed by atoms with van der Waals surface area (Å²) in [7, 11) is 2.96. The third kappa shape index (κ3) is 5.63. The first-order chi connectivity index (χ1) is 7.01. The highest BCUT2D eigenvalue weighted by atomic mass is 16.2. The predicted octanol–water partition coefficient (Wildman–Crippen LogP) is -2.73. The van der Waals surface area contributed by atoms with Gasteiger partial charge in [0.05, 0.1) is 19.6 Å². The number of hydrogen-bond donors (Lipinski definition) is 3. The number of carbonyl (C=O) groups excluding carboxylic acids is 3. The average Bonchev–Trinajstić information content (AvgIpc) is 2.24. The summed E-state index contributed by atoms with van der Waals surface area (Å²) in [6, 6.07) is 0. The lowest BCUT2D eigenvalue weighted by atomic mass is 10.4. The van der Waals surface area contributed by atoms with E-state index in [2.05, 4.69) is 10.6 Å². The quantitative estimate of drug-likeness (QED) is 0.464. The van der Waals surface area contributed by atoms with E-state index in [1.54, 1.807) is 0 Å². The number of nitrogens with one attached hydrogen (secondary N) is 2. The highest BCUT2D eigenvalue weighted by molar-refractivity contribution is 5.88. The van der Waals surface area contributed by atoms with Crippen molar-refractivity contribution in [2.75, 3.05) is 33.7 Å². The Bertz CT molecular complexity index is 254. The number of amides is 3. The molecule has 0 saturated carbocycles. The van der Waals surface area contributed by atoms with Gasteiger partial charge in [0.2, 0.25) is 17.7 Å². The second-order valence-electron chi connectivity index (χ2n) is 2.90. The van der Waals surface area contributed by atoms with E-state index in [0.29, 0.717) is 0 Å². The van der Waals surface area contributed by atoms with E-state index in [0.717, 1.165) is 0 Å². The molecule has 0 aliphatic rings. The third-order valence-electron chi connectivity index (χ3n) is 1.71. The number of carbonyl (C=O) groups is 3. The number of hydrogen-bond acceptors (Lipinski definition) is 4. The summed E-state index contributed by atoms with van der Waals surface area (Å²) in [5, 5.41) is 4.70. The van der Waals surface area contributed by atoms with Crippen molar-refractivity contribution < 1.29 is 14.4 Å². The van der Waals surface area contributed by atoms with Gasteiger partial charge in [0.15, 0.2) is 0 Å². The zero-order chi connectivity index (χ0) is 11.8. The standard InChI is InChI=1S/C8H16N4O3/c1-10-7(14)5-12(2)8(15)4-11-6(13)3-9/h3-5,9H2,1-2H3,(H,10,14)(H,11,13). The number of nitrogens with two attached hydrogens (primary N) is 1. The van der Waals surface area contributed by atoms with E-state index in [9.17, 15) is 14.4 Å². The number of nitrogens with zero attached hydrogens (tertiary/aromatic N) is 1. The van der Waals surface area contributed by atoms with Crippen LogP contribution >= 0.6 is 0 Å². The molecule has 4 N–H and O–H groups in total. The molecule has 86 valence electrons. The van der Waals surface area contributed by atoms with Crippen LogP contribution in [0.1, 0.15) is 0 Å². The molecule has 0 spiro atoms. The lowest BCUT2D eigenvalue weighted by molar-refractivity contribution is -0.135. The van der Waals surface area contributed by atoms with Crippen LogP contribution in [0.5, 0.6) is 0 Å². The van der Waals surface area contributed by atoms with Crippen molar-refractivity contribution in [2.45, 2.75) is 0 Å². The van der Waals surface area contributed by atoms with Crippen LogP contribution < -0.4 is 16.4 Å². The molecule has 15 heavy (non-hydrogen) atoms. The maximum absolute atomic E-state index is 11.3. The first kappa shape index (κ1) is 13.4. The van der Waals surface area contributed by atoms with E-state index >= 15 is 0 Å². The fourth-order valence-electron chi connectivity index (χ4n) is 0.764. The van der Waals surface area contributed by atoms with E-state index < -0.39 is 5.91 Å². The van der Waals surface area contributed by atoms with Gasteiger partial charge >= 0.3 is 0 Å². The molecule has 7 heteroatoms. The monoisotopic (exact) mass is 216 g/mol. The van der Waals surface area contributed by atoms with E-state index in [1.165, 1.54) is 19.0 Å². The summed E-state index contributed by atoms with van der Waals surface area (Å²) in [6.07, 6.45) is 0. The SMILES string of the molecule is CNC(=O)CN(C)C(=O)CNC(=O)CN. The van der Waals surface area contributed by atoms with Crippen molar-refractivity contribution in [1.29, 1.82) is 0 Å². The van der Waals surface area contributed by atoms with Crippen LogP contribution in [0.25, 0.3) is 0 Å². The Kier molecular flexibility index (Phi) is 6.03. The van der Waals surface area contributed by atoms with Crippen molar-refractivity contribution >= 4 is 17.7 Å². The molecule has 0 saturated heterocycles. The minimum Gasteiger partial charge on any atom is -0.358 e. The van der Waals surface area contributed by atoms with Crippen molar-refractivity contribution in [2.24, 2.45) is 5.73 Å². The van der Waals surface area contributed by atoms with Crippen LogP contribution in [-0.4, -0.2) is 56.4 Å². The second-order valence-corrected chi connectivity index (χ2v) is 2.90. The van der Waals surface area contributed by atoms with Gasteiger partial charge in [0.25, 0.3) is 0 Å². The molecule has 0 rings (SSSR count). The topological polar surface area (TPSA) is 105 Å². The summed E-state index contributed by atoms with van der Waals surface area (Å²) in [4.78, 5) is 34.2. The maximum atomic E-state index is 11.3. The smallest absolute Gasteiger partial charge is 0.242 e. The Hall–Kier alpha value is -1.63. The van der Waals surface area contributed by atoms with Crippen LogP contribution in [0.4, 0.5) is 0 Å². The average molecular weight is 216 g/mol. The van der Waals surface area contributed by atoms with Gasteiger partial charge in [0.1, 0.15) is 0 Å². The minimum absolute atomic E-state index is 0.0339. The molecule has 0 unspecified atom stereocenters. The van der Waals surface area contributed by atoms with Gasteiger partial charge in [-0.05, 0) is 0 Å². The summed E-state index contributed by atoms with van der Waals surface area (Å²) < 4.78 is 0. The van der Waals surface area contributed by atoms with Gasteiger partial charge in [-0.1, -0.05) is 0 Å². The zero-order valence-electron chi connectivity index (χ0n) is 8.87. The van der Waals surface area contributed by atoms with Crippen molar-refractivity contribution in [3.8, 4) is 0 Å². The molecular formula is C8H16N4O3. The Labute approximate surface area is 88.0 Å². The normalized spacial score (nSPS) is 9.27. The van der Waals surface area contributed by atoms with Crippen molar-refractivity contribution in [3.63, 3.8) is 0 Å². The summed E-state index contributed by atoms with van der Waals surface area (Å²) >= 11 is 0. The van der Waals surface area contributed by atoms with Gasteiger partial charge < -0.3 is 21.3 Å². The highest BCUT2D eigenvalue weighted by Gasteiger charge is 2.12. The van der Waals surface area contributed by atoms with Gasteiger partial charge in [-0.15, -0.1) is 0 Å². The Morgan fingerprint density at radius 1 is 1.27 bits per heavy atom. The Balaban J connectivity index is 3.89. The third-order valence-corrected chi connectivity index (χ3v) is 1.71. The second kappa shape index (κ2) is 6.77. The van der Waals surface area contributed by atoms with E-state index in [1.807, 2.05) is 0 Å². The van der Waals surface area contributed by atoms with Crippen LogP contribution in [0.3, 0.4) is 0 Å². The first-order valence-corrected chi connectivity index (χ1v) is 4.42. The summed E-state index contributed by atoms with van der Waals surface area (Å²) in [6.45, 7) is -0.343. The molecule has 0 atom stereocenters. The number of likely N-dealkylation sites (N-methyl/N-ethyl adjacent to an activating group) is 2. The van der Waals surface area contributed by atoms with Crippen LogP contribution in [0.15, 0.2) is 0 Å². The Morgan fingerprint density at radius 2 is 1.87 bits per heavy atom.